The van der Waals surface area contributed by atoms with Gasteiger partial charge in [0.1, 0.15) is 5.75 Å². The highest BCUT2D eigenvalue weighted by atomic mass is 16.6. The number of hydrogen-bond donors (Lipinski definition) is 0. The summed E-state index contributed by atoms with van der Waals surface area (Å²) < 4.78 is 5.26. The number of hydrogen-bond acceptors (Lipinski definition) is 5. The molecule has 3 aromatic rings. The molecule has 1 aliphatic heterocycles. The summed E-state index contributed by atoms with van der Waals surface area (Å²) in [6, 6.07) is 23.9. The van der Waals surface area contributed by atoms with E-state index in [1.165, 1.54) is 12.1 Å². The van der Waals surface area contributed by atoms with E-state index < -0.39 is 4.92 Å². The van der Waals surface area contributed by atoms with E-state index in [1.54, 1.807) is 19.2 Å². The largest absolute Gasteiger partial charge is 0.497 e. The van der Waals surface area contributed by atoms with Gasteiger partial charge >= 0.3 is 0 Å². The first kappa shape index (κ1) is 20.3. The van der Waals surface area contributed by atoms with Gasteiger partial charge in [-0.25, -0.2) is 0 Å². The lowest BCUT2D eigenvalue weighted by Gasteiger charge is -2.35. The van der Waals surface area contributed by atoms with E-state index in [0.717, 1.165) is 16.9 Å². The summed E-state index contributed by atoms with van der Waals surface area (Å²) in [4.78, 5) is 25.7. The van der Waals surface area contributed by atoms with Crippen LogP contribution in [0.15, 0.2) is 85.1 Å². The number of carbonyl (C=O) groups excluding carboxylic acids is 1. The van der Waals surface area contributed by atoms with Crippen LogP contribution < -0.4 is 4.74 Å². The highest BCUT2D eigenvalue weighted by Crippen LogP contribution is 2.36. The third-order valence-corrected chi connectivity index (χ3v) is 5.47. The third kappa shape index (κ3) is 4.48. The molecule has 0 spiro atoms. The topological polar surface area (TPSA) is 72.7 Å². The molecule has 31 heavy (non-hydrogen) atoms. The van der Waals surface area contributed by atoms with Crippen LogP contribution in [0.4, 0.5) is 5.69 Å². The average molecular weight is 414 g/mol. The molecule has 156 valence electrons. The van der Waals surface area contributed by atoms with Crippen LogP contribution in [0.1, 0.15) is 29.2 Å². The second-order valence-corrected chi connectivity index (χ2v) is 7.42. The highest BCUT2D eigenvalue weighted by molar-refractivity contribution is 6.21. The molecule has 0 aromatic heterocycles. The molecule has 6 heteroatoms. The van der Waals surface area contributed by atoms with Crippen molar-refractivity contribution < 1.29 is 14.5 Å². The number of allylic oxidation sites excluding steroid dienone is 1. The monoisotopic (exact) mass is 414 g/mol. The smallest absolute Gasteiger partial charge is 0.269 e. The Bertz CT molecular complexity index is 1110. The Morgan fingerprint density at radius 3 is 2.29 bits per heavy atom. The Morgan fingerprint density at radius 1 is 1.00 bits per heavy atom. The molecule has 0 amide bonds. The van der Waals surface area contributed by atoms with Crippen LogP contribution in [0.2, 0.25) is 0 Å². The molecule has 0 radical (unpaired) electrons. The highest BCUT2D eigenvalue weighted by Gasteiger charge is 2.29. The molecule has 6 nitrogen and oxygen atoms in total. The van der Waals surface area contributed by atoms with Crippen LogP contribution in [0.3, 0.4) is 0 Å². The first-order valence-electron chi connectivity index (χ1n) is 9.98. The molecule has 0 bridgehead atoms. The number of rotatable bonds is 6. The Kier molecular flexibility index (Phi) is 5.80. The Hall–Kier alpha value is -3.93. The minimum Gasteiger partial charge on any atom is -0.497 e. The fourth-order valence-corrected chi connectivity index (χ4v) is 3.81. The van der Waals surface area contributed by atoms with Gasteiger partial charge < -0.3 is 9.64 Å². The Labute approximate surface area is 180 Å². The zero-order chi connectivity index (χ0) is 21.8. The molecule has 1 atom stereocenters. The van der Waals surface area contributed by atoms with Gasteiger partial charge in [0.25, 0.3) is 5.69 Å². The SMILES string of the molecule is COc1ccc(C2CC(=O)C(c3ccc([N+](=O)[O-])cc3)=CN2Cc2ccccc2)cc1. The Morgan fingerprint density at radius 2 is 1.68 bits per heavy atom. The first-order chi connectivity index (χ1) is 15.0. The molecule has 3 aromatic carbocycles. The molecule has 0 N–H and O–H groups in total. The standard InChI is InChI=1S/C25H22N2O4/c1-31-22-13-9-20(10-14-22)24-15-25(28)23(19-7-11-21(12-8-19)27(29)30)17-26(24)16-18-5-3-2-4-6-18/h2-14,17,24H,15-16H2,1H3. The predicted octanol–water partition coefficient (Wildman–Crippen LogP) is 5.16. The second-order valence-electron chi connectivity index (χ2n) is 7.42. The van der Waals surface area contributed by atoms with Gasteiger partial charge in [-0.2, -0.15) is 0 Å². The van der Waals surface area contributed by atoms with E-state index in [4.69, 9.17) is 4.74 Å². The summed E-state index contributed by atoms with van der Waals surface area (Å²) in [5, 5.41) is 11.0. The van der Waals surface area contributed by atoms with E-state index in [2.05, 4.69) is 17.0 Å². The van der Waals surface area contributed by atoms with Crippen molar-refractivity contribution in [3.8, 4) is 5.75 Å². The predicted molar refractivity (Wildman–Crippen MR) is 118 cm³/mol. The van der Waals surface area contributed by atoms with Crippen LogP contribution in [-0.2, 0) is 11.3 Å². The molecule has 0 fully saturated rings. The summed E-state index contributed by atoms with van der Waals surface area (Å²) in [7, 11) is 1.63. The first-order valence-corrected chi connectivity index (χ1v) is 9.98. The number of ketones is 1. The molecular weight excluding hydrogens is 392 g/mol. The van der Waals surface area contributed by atoms with Crippen LogP contribution in [0.5, 0.6) is 5.75 Å². The molecular formula is C25H22N2O4. The lowest BCUT2D eigenvalue weighted by atomic mass is 9.89. The van der Waals surface area contributed by atoms with Gasteiger partial charge in [0.2, 0.25) is 0 Å². The number of carbonyl (C=O) groups is 1. The van der Waals surface area contributed by atoms with Crippen molar-refractivity contribution in [1.29, 1.82) is 0 Å². The fraction of sp³-hybridized carbons (Fsp3) is 0.160. The van der Waals surface area contributed by atoms with Crippen molar-refractivity contribution in [1.82, 2.24) is 4.90 Å². The quantitative estimate of drug-likeness (QED) is 0.411. The zero-order valence-corrected chi connectivity index (χ0v) is 17.1. The number of nitro groups is 1. The van der Waals surface area contributed by atoms with Crippen LogP contribution in [0.25, 0.3) is 5.57 Å². The summed E-state index contributed by atoms with van der Waals surface area (Å²) in [6.45, 7) is 0.640. The van der Waals surface area contributed by atoms with Crippen molar-refractivity contribution in [3.05, 3.63) is 112 Å². The maximum absolute atomic E-state index is 13.1. The minimum absolute atomic E-state index is 0.00450. The molecule has 4 rings (SSSR count). The number of nitro benzene ring substituents is 1. The summed E-state index contributed by atoms with van der Waals surface area (Å²) in [6.07, 6.45) is 2.21. The number of nitrogens with zero attached hydrogens (tertiary/aromatic N) is 2. The van der Waals surface area contributed by atoms with Crippen molar-refractivity contribution in [2.75, 3.05) is 7.11 Å². The third-order valence-electron chi connectivity index (χ3n) is 5.47. The van der Waals surface area contributed by atoms with E-state index >= 15 is 0 Å². The number of methoxy groups -OCH3 is 1. The number of Topliss-reactive ketones (excluding diaryl/α,β-unsaturated/α-hetero) is 1. The van der Waals surface area contributed by atoms with Crippen molar-refractivity contribution in [3.63, 3.8) is 0 Å². The van der Waals surface area contributed by atoms with Gasteiger partial charge in [-0.1, -0.05) is 42.5 Å². The van der Waals surface area contributed by atoms with Crippen molar-refractivity contribution in [2.45, 2.75) is 19.0 Å². The van der Waals surface area contributed by atoms with E-state index in [9.17, 15) is 14.9 Å². The molecule has 0 saturated heterocycles. The average Bonchev–Trinajstić information content (AvgIpc) is 2.81. The summed E-state index contributed by atoms with van der Waals surface area (Å²) >= 11 is 0. The number of non-ortho nitro benzene ring substituents is 1. The molecule has 1 unspecified atom stereocenters. The Balaban J connectivity index is 1.71. The summed E-state index contributed by atoms with van der Waals surface area (Å²) in [5.41, 5.74) is 3.42. The lowest BCUT2D eigenvalue weighted by Crippen LogP contribution is -2.30. The number of ether oxygens (including phenoxy) is 1. The maximum Gasteiger partial charge on any atom is 0.269 e. The summed E-state index contributed by atoms with van der Waals surface area (Å²) in [5.74, 6) is 0.779. The van der Waals surface area contributed by atoms with E-state index in [-0.39, 0.29) is 17.5 Å². The molecule has 1 heterocycles. The molecule has 0 aliphatic carbocycles. The lowest BCUT2D eigenvalue weighted by molar-refractivity contribution is -0.384. The molecule has 0 saturated carbocycles. The number of benzene rings is 3. The van der Waals surface area contributed by atoms with Gasteiger partial charge in [-0.05, 0) is 41.0 Å². The van der Waals surface area contributed by atoms with Gasteiger partial charge in [0, 0.05) is 36.9 Å². The van der Waals surface area contributed by atoms with E-state index in [0.29, 0.717) is 24.1 Å². The van der Waals surface area contributed by atoms with Crippen LogP contribution >= 0.6 is 0 Å². The van der Waals surface area contributed by atoms with Crippen LogP contribution in [-0.4, -0.2) is 22.7 Å². The molecule has 1 aliphatic rings. The van der Waals surface area contributed by atoms with E-state index in [1.807, 2.05) is 48.7 Å². The van der Waals surface area contributed by atoms with Crippen molar-refractivity contribution in [2.24, 2.45) is 0 Å². The normalized spacial score (nSPS) is 16.0. The van der Waals surface area contributed by atoms with Gasteiger partial charge in [-0.3, -0.25) is 14.9 Å². The second kappa shape index (κ2) is 8.83. The minimum atomic E-state index is -0.442. The van der Waals surface area contributed by atoms with Gasteiger partial charge in [0.05, 0.1) is 18.1 Å². The maximum atomic E-state index is 13.1. The van der Waals surface area contributed by atoms with Crippen LogP contribution in [0, 0.1) is 10.1 Å². The fourth-order valence-electron chi connectivity index (χ4n) is 3.81. The van der Waals surface area contributed by atoms with Gasteiger partial charge in [0.15, 0.2) is 5.78 Å². The van der Waals surface area contributed by atoms with Crippen molar-refractivity contribution >= 4 is 17.0 Å². The van der Waals surface area contributed by atoms with Gasteiger partial charge in [-0.15, -0.1) is 0 Å². The zero-order valence-electron chi connectivity index (χ0n) is 17.1.